The van der Waals surface area contributed by atoms with E-state index in [1.54, 1.807) is 36.4 Å². The summed E-state index contributed by atoms with van der Waals surface area (Å²) >= 11 is 3.35. The topological polar surface area (TPSA) is 93.7 Å². The first-order valence-corrected chi connectivity index (χ1v) is 9.33. The van der Waals surface area contributed by atoms with Crippen molar-refractivity contribution in [2.75, 3.05) is 24.4 Å². The van der Waals surface area contributed by atoms with Crippen molar-refractivity contribution in [1.82, 2.24) is 0 Å². The maximum absolute atomic E-state index is 12.0. The number of benzene rings is 2. The zero-order valence-corrected chi connectivity index (χ0v) is 17.2. The van der Waals surface area contributed by atoms with Gasteiger partial charge in [0.25, 0.3) is 5.91 Å². The van der Waals surface area contributed by atoms with Crippen molar-refractivity contribution in [3.8, 4) is 5.75 Å². The van der Waals surface area contributed by atoms with Crippen LogP contribution >= 0.6 is 15.9 Å². The number of anilines is 2. The molecule has 0 aliphatic heterocycles. The number of ether oxygens (including phenoxy) is 2. The van der Waals surface area contributed by atoms with Crippen LogP contribution in [0.5, 0.6) is 5.75 Å². The maximum Gasteiger partial charge on any atom is 0.306 e. The normalized spacial score (nSPS) is 10.1. The second kappa shape index (κ2) is 10.5. The standard InChI is InChI=1S/C20H21BrN2O5/c1-13-11-14(21)7-8-15(13)22-19(25)12-28-20(26)10-9-18(24)23-16-5-3-4-6-17(16)27-2/h3-8,11H,9-10,12H2,1-2H3,(H,22,25)(H,23,24). The zero-order chi connectivity index (χ0) is 20.5. The minimum atomic E-state index is -0.627. The minimum Gasteiger partial charge on any atom is -0.495 e. The Balaban J connectivity index is 1.73. The lowest BCUT2D eigenvalue weighted by Crippen LogP contribution is -2.22. The van der Waals surface area contributed by atoms with Crippen molar-refractivity contribution in [2.45, 2.75) is 19.8 Å². The van der Waals surface area contributed by atoms with Crippen LogP contribution in [0.25, 0.3) is 0 Å². The highest BCUT2D eigenvalue weighted by molar-refractivity contribution is 9.10. The molecule has 2 rings (SSSR count). The lowest BCUT2D eigenvalue weighted by atomic mass is 10.2. The summed E-state index contributed by atoms with van der Waals surface area (Å²) in [6.45, 7) is 1.44. The van der Waals surface area contributed by atoms with E-state index in [0.717, 1.165) is 10.0 Å². The fourth-order valence-electron chi connectivity index (χ4n) is 2.35. The molecule has 28 heavy (non-hydrogen) atoms. The summed E-state index contributed by atoms with van der Waals surface area (Å²) < 4.78 is 11.0. The van der Waals surface area contributed by atoms with E-state index in [-0.39, 0.29) is 18.7 Å². The van der Waals surface area contributed by atoms with Crippen molar-refractivity contribution in [2.24, 2.45) is 0 Å². The molecule has 0 heterocycles. The highest BCUT2D eigenvalue weighted by Gasteiger charge is 2.12. The second-order valence-electron chi connectivity index (χ2n) is 5.92. The van der Waals surface area contributed by atoms with Crippen molar-refractivity contribution < 1.29 is 23.9 Å². The molecule has 8 heteroatoms. The van der Waals surface area contributed by atoms with E-state index in [4.69, 9.17) is 9.47 Å². The molecule has 0 fully saturated rings. The Labute approximate surface area is 171 Å². The SMILES string of the molecule is COc1ccccc1NC(=O)CCC(=O)OCC(=O)Nc1ccc(Br)cc1C. The number of para-hydroxylation sites is 2. The number of aryl methyl sites for hydroxylation is 1. The van der Waals surface area contributed by atoms with Crippen LogP contribution in [-0.2, 0) is 19.1 Å². The van der Waals surface area contributed by atoms with Gasteiger partial charge in [0.2, 0.25) is 5.91 Å². The molecule has 0 radical (unpaired) electrons. The molecule has 0 unspecified atom stereocenters. The molecule has 2 aromatic carbocycles. The predicted octanol–water partition coefficient (Wildman–Crippen LogP) is 3.67. The number of methoxy groups -OCH3 is 1. The molecule has 7 nitrogen and oxygen atoms in total. The van der Waals surface area contributed by atoms with Crippen molar-refractivity contribution in [3.05, 3.63) is 52.5 Å². The highest BCUT2D eigenvalue weighted by Crippen LogP contribution is 2.23. The summed E-state index contributed by atoms with van der Waals surface area (Å²) in [5.74, 6) is -0.898. The maximum atomic E-state index is 12.0. The molecular weight excluding hydrogens is 428 g/mol. The Morgan fingerprint density at radius 2 is 1.68 bits per heavy atom. The van der Waals surface area contributed by atoms with E-state index < -0.39 is 18.5 Å². The van der Waals surface area contributed by atoms with Gasteiger partial charge in [-0.3, -0.25) is 14.4 Å². The first-order valence-electron chi connectivity index (χ1n) is 8.53. The molecule has 0 aromatic heterocycles. The van der Waals surface area contributed by atoms with Crippen LogP contribution < -0.4 is 15.4 Å². The molecule has 0 saturated carbocycles. The van der Waals surface area contributed by atoms with Crippen molar-refractivity contribution in [1.29, 1.82) is 0 Å². The van der Waals surface area contributed by atoms with Crippen LogP contribution in [0.1, 0.15) is 18.4 Å². The summed E-state index contributed by atoms with van der Waals surface area (Å²) in [6.07, 6.45) is -0.199. The number of nitrogens with one attached hydrogen (secondary N) is 2. The van der Waals surface area contributed by atoms with Gasteiger partial charge in [-0.2, -0.15) is 0 Å². The first-order chi connectivity index (χ1) is 13.4. The van der Waals surface area contributed by atoms with Gasteiger partial charge in [0.1, 0.15) is 5.75 Å². The molecule has 0 aliphatic rings. The smallest absolute Gasteiger partial charge is 0.306 e. The Hall–Kier alpha value is -2.87. The predicted molar refractivity (Wildman–Crippen MR) is 109 cm³/mol. The number of hydrogen-bond acceptors (Lipinski definition) is 5. The fraction of sp³-hybridized carbons (Fsp3) is 0.250. The number of carbonyl (C=O) groups excluding carboxylic acids is 3. The van der Waals surface area contributed by atoms with Gasteiger partial charge in [0.05, 0.1) is 19.2 Å². The van der Waals surface area contributed by atoms with Gasteiger partial charge in [-0.25, -0.2) is 0 Å². The van der Waals surface area contributed by atoms with E-state index in [9.17, 15) is 14.4 Å². The van der Waals surface area contributed by atoms with Gasteiger partial charge in [-0.1, -0.05) is 28.1 Å². The van der Waals surface area contributed by atoms with Crippen LogP contribution in [-0.4, -0.2) is 31.5 Å². The molecule has 0 spiro atoms. The van der Waals surface area contributed by atoms with E-state index in [1.807, 2.05) is 13.0 Å². The van der Waals surface area contributed by atoms with E-state index in [2.05, 4.69) is 26.6 Å². The van der Waals surface area contributed by atoms with Gasteiger partial charge in [0, 0.05) is 16.6 Å². The van der Waals surface area contributed by atoms with Gasteiger partial charge < -0.3 is 20.1 Å². The number of halogens is 1. The summed E-state index contributed by atoms with van der Waals surface area (Å²) in [5.41, 5.74) is 2.04. The Morgan fingerprint density at radius 3 is 2.39 bits per heavy atom. The second-order valence-corrected chi connectivity index (χ2v) is 6.83. The van der Waals surface area contributed by atoms with Gasteiger partial charge in [0.15, 0.2) is 6.61 Å². The number of carbonyl (C=O) groups is 3. The van der Waals surface area contributed by atoms with Crippen LogP contribution in [0.4, 0.5) is 11.4 Å². The molecule has 2 amide bonds. The van der Waals surface area contributed by atoms with Crippen LogP contribution in [0.15, 0.2) is 46.9 Å². The monoisotopic (exact) mass is 448 g/mol. The first kappa shape index (κ1) is 21.4. The minimum absolute atomic E-state index is 0.0652. The fourth-order valence-corrected chi connectivity index (χ4v) is 2.82. The Kier molecular flexibility index (Phi) is 8.01. The molecule has 0 aliphatic carbocycles. The third-order valence-electron chi connectivity index (χ3n) is 3.76. The average Bonchev–Trinajstić information content (AvgIpc) is 2.67. The zero-order valence-electron chi connectivity index (χ0n) is 15.6. The Bertz CT molecular complexity index is 869. The van der Waals surface area contributed by atoms with Gasteiger partial charge in [-0.15, -0.1) is 0 Å². The van der Waals surface area contributed by atoms with Crippen LogP contribution in [0, 0.1) is 6.92 Å². The van der Waals surface area contributed by atoms with Crippen molar-refractivity contribution in [3.63, 3.8) is 0 Å². The quantitative estimate of drug-likeness (QED) is 0.600. The van der Waals surface area contributed by atoms with Gasteiger partial charge >= 0.3 is 5.97 Å². The van der Waals surface area contributed by atoms with Crippen molar-refractivity contribution >= 4 is 45.1 Å². The summed E-state index contributed by atoms with van der Waals surface area (Å²) in [5, 5.41) is 5.34. The average molecular weight is 449 g/mol. The van der Waals surface area contributed by atoms with E-state index in [0.29, 0.717) is 17.1 Å². The molecular formula is C20H21BrN2O5. The third-order valence-corrected chi connectivity index (χ3v) is 4.26. The molecule has 148 valence electrons. The van der Waals surface area contributed by atoms with Crippen LogP contribution in [0.2, 0.25) is 0 Å². The lowest BCUT2D eigenvalue weighted by Gasteiger charge is -2.10. The number of rotatable bonds is 8. The van der Waals surface area contributed by atoms with E-state index >= 15 is 0 Å². The largest absolute Gasteiger partial charge is 0.495 e. The van der Waals surface area contributed by atoms with Crippen LogP contribution in [0.3, 0.4) is 0 Å². The lowest BCUT2D eigenvalue weighted by molar-refractivity contribution is -0.147. The molecule has 2 aromatic rings. The highest BCUT2D eigenvalue weighted by atomic mass is 79.9. The molecule has 2 N–H and O–H groups in total. The molecule has 0 bridgehead atoms. The van der Waals surface area contributed by atoms with E-state index in [1.165, 1.54) is 7.11 Å². The Morgan fingerprint density at radius 1 is 0.964 bits per heavy atom. The van der Waals surface area contributed by atoms with Gasteiger partial charge in [-0.05, 0) is 42.8 Å². The number of esters is 1. The number of amides is 2. The third kappa shape index (κ3) is 6.70. The summed E-state index contributed by atoms with van der Waals surface area (Å²) in [7, 11) is 1.50. The summed E-state index contributed by atoms with van der Waals surface area (Å²) in [4.78, 5) is 35.7. The molecule has 0 saturated heterocycles. The molecule has 0 atom stereocenters. The summed E-state index contributed by atoms with van der Waals surface area (Å²) in [6, 6.07) is 12.4. The number of hydrogen-bond donors (Lipinski definition) is 2.